The Hall–Kier alpha value is -1.43. The monoisotopic (exact) mass is 665 g/mol. The Morgan fingerprint density at radius 1 is 0.550 bits per heavy atom. The molecule has 0 spiro atoms. The Balaban J connectivity index is 2.33. The first-order valence-electron chi connectivity index (χ1n) is 16.3. The van der Waals surface area contributed by atoms with E-state index >= 15 is 0 Å². The van der Waals surface area contributed by atoms with Crippen LogP contribution in [-0.2, 0) is 0 Å². The standard InChI is InChI=1S/C36H58IO3/c1-7-10-13-17-22-29(4)38-33-27-34(39-30(5)23-18-14-11-8-2)36(37-32-25-20-16-21-26-32)35(28-33)40-31(6)24-19-15-12-9-3/h16,20-21,25-31H,7-15,17-19,22-24H2,1-6H3/q+1/t29-,30-,31-/m1/s1. The third-order valence-corrected chi connectivity index (χ3v) is 10.2. The summed E-state index contributed by atoms with van der Waals surface area (Å²) in [6.07, 6.45) is 18.8. The average molecular weight is 666 g/mol. The summed E-state index contributed by atoms with van der Waals surface area (Å²) in [7, 11) is 0. The minimum absolute atomic E-state index is 0.163. The predicted molar refractivity (Wildman–Crippen MR) is 167 cm³/mol. The highest BCUT2D eigenvalue weighted by Crippen LogP contribution is 2.32. The quantitative estimate of drug-likeness (QED) is 0.0889. The van der Waals surface area contributed by atoms with E-state index in [9.17, 15) is 0 Å². The summed E-state index contributed by atoms with van der Waals surface area (Å²) in [4.78, 5) is 0. The molecule has 0 aliphatic heterocycles. The van der Waals surface area contributed by atoms with Crippen LogP contribution in [0.1, 0.15) is 138 Å². The van der Waals surface area contributed by atoms with E-state index in [0.717, 1.165) is 36.5 Å². The van der Waals surface area contributed by atoms with Gasteiger partial charge < -0.3 is 14.2 Å². The molecule has 0 fully saturated rings. The van der Waals surface area contributed by atoms with Gasteiger partial charge in [0, 0.05) is 12.1 Å². The highest BCUT2D eigenvalue weighted by Gasteiger charge is 2.30. The van der Waals surface area contributed by atoms with Gasteiger partial charge in [-0.3, -0.25) is 0 Å². The largest absolute Gasteiger partial charge is 0.490 e. The van der Waals surface area contributed by atoms with E-state index in [1.54, 1.807) is 0 Å². The molecule has 4 heteroatoms. The van der Waals surface area contributed by atoms with Gasteiger partial charge in [-0.1, -0.05) is 96.8 Å². The van der Waals surface area contributed by atoms with Gasteiger partial charge in [-0.05, 0) is 71.4 Å². The number of benzene rings is 2. The Bertz CT molecular complexity index is 859. The fourth-order valence-corrected chi connectivity index (χ4v) is 7.38. The number of hydrogen-bond acceptors (Lipinski definition) is 3. The lowest BCUT2D eigenvalue weighted by atomic mass is 10.1. The van der Waals surface area contributed by atoms with Gasteiger partial charge in [-0.2, -0.15) is 0 Å². The predicted octanol–water partition coefficient (Wildman–Crippen LogP) is 8.03. The normalized spacial score (nSPS) is 13.6. The molecule has 0 aliphatic rings. The van der Waals surface area contributed by atoms with Crippen molar-refractivity contribution < 1.29 is 35.4 Å². The molecule has 0 aromatic heterocycles. The summed E-state index contributed by atoms with van der Waals surface area (Å²) in [6.45, 7) is 13.4. The molecule has 0 amide bonds. The van der Waals surface area contributed by atoms with Crippen LogP contribution < -0.4 is 35.4 Å². The molecule has 2 rings (SSSR count). The van der Waals surface area contributed by atoms with E-state index in [1.807, 2.05) is 0 Å². The Labute approximate surface area is 257 Å². The molecule has 0 saturated carbocycles. The maximum atomic E-state index is 6.74. The van der Waals surface area contributed by atoms with Gasteiger partial charge in [-0.15, -0.1) is 0 Å². The van der Waals surface area contributed by atoms with Crippen LogP contribution in [0.25, 0.3) is 0 Å². The number of halogens is 1. The topological polar surface area (TPSA) is 27.7 Å². The van der Waals surface area contributed by atoms with Crippen LogP contribution in [0.4, 0.5) is 0 Å². The maximum Gasteiger partial charge on any atom is 0.366 e. The molecule has 0 radical (unpaired) electrons. The lowest BCUT2D eigenvalue weighted by Gasteiger charge is -2.21. The molecule has 0 N–H and O–H groups in total. The second-order valence-electron chi connectivity index (χ2n) is 11.5. The molecule has 2 aromatic rings. The van der Waals surface area contributed by atoms with Crippen LogP contribution in [0.5, 0.6) is 17.2 Å². The van der Waals surface area contributed by atoms with Crippen molar-refractivity contribution in [2.24, 2.45) is 0 Å². The molecule has 3 nitrogen and oxygen atoms in total. The van der Waals surface area contributed by atoms with E-state index in [1.165, 1.54) is 84.2 Å². The Kier molecular flexibility index (Phi) is 18.5. The van der Waals surface area contributed by atoms with Crippen LogP contribution in [-0.4, -0.2) is 18.3 Å². The minimum atomic E-state index is -0.471. The molecular formula is C36H58IO3+. The number of rotatable bonds is 23. The number of ether oxygens (including phenoxy) is 3. The Morgan fingerprint density at radius 2 is 0.975 bits per heavy atom. The van der Waals surface area contributed by atoms with Crippen molar-refractivity contribution in [1.82, 2.24) is 0 Å². The third-order valence-electron chi connectivity index (χ3n) is 7.30. The van der Waals surface area contributed by atoms with Gasteiger partial charge in [0.2, 0.25) is 0 Å². The lowest BCUT2D eigenvalue weighted by molar-refractivity contribution is -0.599. The summed E-state index contributed by atoms with van der Waals surface area (Å²) in [5.74, 6) is 2.80. The molecule has 2 aromatic carbocycles. The zero-order valence-corrected chi connectivity index (χ0v) is 28.6. The van der Waals surface area contributed by atoms with Crippen molar-refractivity contribution >= 4 is 0 Å². The molecule has 3 atom stereocenters. The molecule has 0 unspecified atom stereocenters. The van der Waals surface area contributed by atoms with Gasteiger partial charge in [0.15, 0.2) is 15.1 Å². The molecule has 0 aliphatic carbocycles. The van der Waals surface area contributed by atoms with E-state index < -0.39 is 21.2 Å². The molecule has 0 saturated heterocycles. The van der Waals surface area contributed by atoms with E-state index in [2.05, 4.69) is 84.0 Å². The number of unbranched alkanes of at least 4 members (excludes halogenated alkanes) is 9. The van der Waals surface area contributed by atoms with Crippen molar-refractivity contribution in [2.75, 3.05) is 0 Å². The lowest BCUT2D eigenvalue weighted by Crippen LogP contribution is -3.61. The van der Waals surface area contributed by atoms with Gasteiger partial charge in [0.25, 0.3) is 3.57 Å². The SMILES string of the molecule is CCCCCC[C@@H](C)Oc1cc(O[C@H](C)CCCCCC)c([I+]c2ccccc2)c(O[C@H](C)CCCCCC)c1. The summed E-state index contributed by atoms with van der Waals surface area (Å²) in [5, 5.41) is 0. The molecule has 0 bridgehead atoms. The van der Waals surface area contributed by atoms with E-state index in [4.69, 9.17) is 14.2 Å². The van der Waals surface area contributed by atoms with Gasteiger partial charge in [0.05, 0.1) is 18.3 Å². The molecule has 0 heterocycles. The summed E-state index contributed by atoms with van der Waals surface area (Å²) >= 11 is -0.471. The molecule has 40 heavy (non-hydrogen) atoms. The second-order valence-corrected chi connectivity index (χ2v) is 14.3. The van der Waals surface area contributed by atoms with Gasteiger partial charge in [-0.25, -0.2) is 0 Å². The summed E-state index contributed by atoms with van der Waals surface area (Å²) < 4.78 is 22.6. The van der Waals surface area contributed by atoms with Crippen molar-refractivity contribution in [3.05, 3.63) is 49.6 Å². The number of hydrogen-bond donors (Lipinski definition) is 0. The van der Waals surface area contributed by atoms with Crippen molar-refractivity contribution in [3.8, 4) is 17.2 Å². The fraction of sp³-hybridized carbons (Fsp3) is 0.667. The van der Waals surface area contributed by atoms with Crippen molar-refractivity contribution in [2.45, 2.75) is 156 Å². The van der Waals surface area contributed by atoms with Crippen LogP contribution in [0.15, 0.2) is 42.5 Å². The van der Waals surface area contributed by atoms with Crippen molar-refractivity contribution in [3.63, 3.8) is 0 Å². The average Bonchev–Trinajstić information content (AvgIpc) is 2.94. The molecular weight excluding hydrogens is 607 g/mol. The summed E-state index contributed by atoms with van der Waals surface area (Å²) in [6, 6.07) is 15.2. The third kappa shape index (κ3) is 14.5. The first kappa shape index (κ1) is 34.8. The zero-order chi connectivity index (χ0) is 29.0. The van der Waals surface area contributed by atoms with Crippen LogP contribution in [0, 0.1) is 7.14 Å². The van der Waals surface area contributed by atoms with Gasteiger partial charge in [0.1, 0.15) is 5.75 Å². The zero-order valence-electron chi connectivity index (χ0n) is 26.5. The van der Waals surface area contributed by atoms with Crippen LogP contribution in [0.3, 0.4) is 0 Å². The van der Waals surface area contributed by atoms with E-state index in [0.29, 0.717) is 0 Å². The fourth-order valence-electron chi connectivity index (χ4n) is 4.89. The highest BCUT2D eigenvalue weighted by molar-refractivity contribution is 5.42. The molecule has 226 valence electrons. The van der Waals surface area contributed by atoms with Gasteiger partial charge >= 0.3 is 21.2 Å². The first-order chi connectivity index (χ1) is 19.5. The van der Waals surface area contributed by atoms with Crippen molar-refractivity contribution in [1.29, 1.82) is 0 Å². The second kappa shape index (κ2) is 21.3. The highest BCUT2D eigenvalue weighted by atomic mass is 127. The minimum Gasteiger partial charge on any atom is -0.490 e. The van der Waals surface area contributed by atoms with E-state index in [-0.39, 0.29) is 18.3 Å². The maximum absolute atomic E-state index is 6.74. The van der Waals surface area contributed by atoms with Crippen LogP contribution in [0.2, 0.25) is 0 Å². The van der Waals surface area contributed by atoms with Crippen LogP contribution >= 0.6 is 0 Å². The summed E-state index contributed by atoms with van der Waals surface area (Å²) in [5.41, 5.74) is 0. The smallest absolute Gasteiger partial charge is 0.366 e. The first-order valence-corrected chi connectivity index (χ1v) is 18.5. The Morgan fingerprint density at radius 3 is 1.40 bits per heavy atom.